The minimum atomic E-state index is -0.305. The maximum Gasteiger partial charge on any atom is 0.307 e. The van der Waals surface area contributed by atoms with Gasteiger partial charge in [0.15, 0.2) is 0 Å². The Bertz CT molecular complexity index is 604. The molecule has 0 aromatic heterocycles. The van der Waals surface area contributed by atoms with Crippen LogP contribution < -0.4 is 0 Å². The van der Waals surface area contributed by atoms with Crippen LogP contribution in [0.2, 0.25) is 10.0 Å². The number of amides is 1. The van der Waals surface area contributed by atoms with Gasteiger partial charge >= 0.3 is 5.97 Å². The topological polar surface area (TPSA) is 46.6 Å². The van der Waals surface area contributed by atoms with Crippen LogP contribution in [-0.4, -0.2) is 36.5 Å². The fraction of sp³-hybridized carbons (Fsp3) is 0.529. The molecule has 1 saturated carbocycles. The normalized spacial score (nSPS) is 19.6. The highest BCUT2D eigenvalue weighted by molar-refractivity contribution is 6.42. The van der Waals surface area contributed by atoms with E-state index in [1.807, 2.05) is 26.0 Å². The highest BCUT2D eigenvalue weighted by Gasteiger charge is 2.46. The van der Waals surface area contributed by atoms with E-state index >= 15 is 0 Å². The van der Waals surface area contributed by atoms with Crippen molar-refractivity contribution >= 4 is 35.1 Å². The molecule has 0 N–H and O–H groups in total. The summed E-state index contributed by atoms with van der Waals surface area (Å²) in [6.07, 6.45) is 1.02. The van der Waals surface area contributed by atoms with Crippen LogP contribution >= 0.6 is 23.2 Å². The third kappa shape index (κ3) is 4.39. The second-order valence-electron chi connectivity index (χ2n) is 6.07. The van der Waals surface area contributed by atoms with Crippen molar-refractivity contribution in [1.82, 2.24) is 4.90 Å². The second kappa shape index (κ2) is 7.54. The quantitative estimate of drug-likeness (QED) is 0.725. The fourth-order valence-electron chi connectivity index (χ4n) is 2.73. The highest BCUT2D eigenvalue weighted by Crippen LogP contribution is 2.49. The van der Waals surface area contributed by atoms with Crippen molar-refractivity contribution in [3.63, 3.8) is 0 Å². The maximum atomic E-state index is 12.7. The van der Waals surface area contributed by atoms with Gasteiger partial charge in [-0.15, -0.1) is 0 Å². The van der Waals surface area contributed by atoms with Gasteiger partial charge in [0.25, 0.3) is 0 Å². The van der Waals surface area contributed by atoms with Gasteiger partial charge in [-0.25, -0.2) is 0 Å². The first-order valence-corrected chi connectivity index (χ1v) is 8.43. The summed E-state index contributed by atoms with van der Waals surface area (Å²) in [4.78, 5) is 25.8. The van der Waals surface area contributed by atoms with E-state index in [4.69, 9.17) is 23.2 Å². The molecular formula is C17H21Cl2NO3. The van der Waals surface area contributed by atoms with E-state index in [2.05, 4.69) is 4.74 Å². The molecule has 126 valence electrons. The van der Waals surface area contributed by atoms with Crippen LogP contribution in [0.3, 0.4) is 0 Å². The van der Waals surface area contributed by atoms with Crippen molar-refractivity contribution in [3.8, 4) is 0 Å². The number of hydrogen-bond acceptors (Lipinski definition) is 3. The molecule has 0 bridgehead atoms. The molecule has 0 heterocycles. The average Bonchev–Trinajstić information content (AvgIpc) is 3.30. The van der Waals surface area contributed by atoms with Gasteiger partial charge in [0.1, 0.15) is 0 Å². The third-order valence-electron chi connectivity index (χ3n) is 4.17. The predicted molar refractivity (Wildman–Crippen MR) is 90.8 cm³/mol. The molecule has 1 fully saturated rings. The van der Waals surface area contributed by atoms with E-state index in [1.165, 1.54) is 7.11 Å². The van der Waals surface area contributed by atoms with Crippen LogP contribution in [0.4, 0.5) is 0 Å². The van der Waals surface area contributed by atoms with Crippen LogP contribution in [0.15, 0.2) is 18.2 Å². The van der Waals surface area contributed by atoms with E-state index < -0.39 is 0 Å². The number of carbonyl (C=O) groups excluding carboxylic acids is 2. The Morgan fingerprint density at radius 3 is 2.57 bits per heavy atom. The van der Waals surface area contributed by atoms with Gasteiger partial charge in [-0.3, -0.25) is 9.59 Å². The van der Waals surface area contributed by atoms with Crippen molar-refractivity contribution in [1.29, 1.82) is 0 Å². The summed E-state index contributed by atoms with van der Waals surface area (Å²) >= 11 is 12.0. The molecule has 0 radical (unpaired) electrons. The Morgan fingerprint density at radius 2 is 2.00 bits per heavy atom. The summed E-state index contributed by atoms with van der Waals surface area (Å²) in [5.74, 6) is -0.0933. The average molecular weight is 358 g/mol. The smallest absolute Gasteiger partial charge is 0.307 e. The Kier molecular flexibility index (Phi) is 5.93. The van der Waals surface area contributed by atoms with Gasteiger partial charge in [-0.05, 0) is 43.9 Å². The molecule has 23 heavy (non-hydrogen) atoms. The molecule has 1 aliphatic rings. The van der Waals surface area contributed by atoms with Crippen molar-refractivity contribution < 1.29 is 14.3 Å². The van der Waals surface area contributed by atoms with Crippen molar-refractivity contribution in [3.05, 3.63) is 33.8 Å². The van der Waals surface area contributed by atoms with E-state index in [9.17, 15) is 9.59 Å². The molecule has 6 heteroatoms. The first kappa shape index (κ1) is 18.1. The maximum absolute atomic E-state index is 12.7. The number of nitrogens with zero attached hydrogens (tertiary/aromatic N) is 1. The van der Waals surface area contributed by atoms with Gasteiger partial charge in [0.05, 0.1) is 23.6 Å². The zero-order valence-corrected chi connectivity index (χ0v) is 15.0. The van der Waals surface area contributed by atoms with Crippen LogP contribution in [0, 0.1) is 5.92 Å². The lowest BCUT2D eigenvalue weighted by atomic mass is 10.1. The minimum Gasteiger partial charge on any atom is -0.469 e. The number of ether oxygens (including phenoxy) is 1. The molecule has 1 amide bonds. The van der Waals surface area contributed by atoms with E-state index in [1.54, 1.807) is 11.0 Å². The van der Waals surface area contributed by atoms with Gasteiger partial charge < -0.3 is 9.64 Å². The van der Waals surface area contributed by atoms with Crippen LogP contribution in [0.5, 0.6) is 0 Å². The zero-order chi connectivity index (χ0) is 17.1. The minimum absolute atomic E-state index is 0.0437. The number of halogens is 2. The lowest BCUT2D eigenvalue weighted by Crippen LogP contribution is -2.39. The van der Waals surface area contributed by atoms with Crippen molar-refractivity contribution in [2.24, 2.45) is 5.92 Å². The first-order valence-electron chi connectivity index (χ1n) is 7.67. The lowest BCUT2D eigenvalue weighted by molar-refractivity contribution is -0.142. The summed E-state index contributed by atoms with van der Waals surface area (Å²) in [5.41, 5.74) is 1.04. The number of carbonyl (C=O) groups is 2. The SMILES string of the molecule is COC(=O)CCN(C(=O)C1CC1c1ccc(Cl)c(Cl)c1)C(C)C. The molecule has 0 saturated heterocycles. The van der Waals surface area contributed by atoms with E-state index in [-0.39, 0.29) is 36.2 Å². The highest BCUT2D eigenvalue weighted by atomic mass is 35.5. The number of hydrogen-bond donors (Lipinski definition) is 0. The van der Waals surface area contributed by atoms with Crippen LogP contribution in [0.25, 0.3) is 0 Å². The Morgan fingerprint density at radius 1 is 1.30 bits per heavy atom. The number of methoxy groups -OCH3 is 1. The van der Waals surface area contributed by atoms with E-state index in [0.717, 1.165) is 12.0 Å². The summed E-state index contributed by atoms with van der Waals surface area (Å²) < 4.78 is 4.65. The van der Waals surface area contributed by atoms with Gasteiger partial charge in [0, 0.05) is 18.5 Å². The molecule has 1 aliphatic carbocycles. The third-order valence-corrected chi connectivity index (χ3v) is 4.91. The summed E-state index contributed by atoms with van der Waals surface area (Å²) in [6, 6.07) is 5.55. The number of esters is 1. The monoisotopic (exact) mass is 357 g/mol. The van der Waals surface area contributed by atoms with Gasteiger partial charge in [-0.2, -0.15) is 0 Å². The fourth-order valence-corrected chi connectivity index (χ4v) is 3.04. The van der Waals surface area contributed by atoms with Crippen molar-refractivity contribution in [2.45, 2.75) is 38.6 Å². The summed E-state index contributed by atoms with van der Waals surface area (Å²) in [7, 11) is 1.35. The Labute approximate surface area is 146 Å². The molecule has 0 spiro atoms. The van der Waals surface area contributed by atoms with E-state index in [0.29, 0.717) is 16.6 Å². The summed E-state index contributed by atoms with van der Waals surface area (Å²) in [5, 5.41) is 1.02. The lowest BCUT2D eigenvalue weighted by Gasteiger charge is -2.26. The number of rotatable bonds is 6. The van der Waals surface area contributed by atoms with Gasteiger partial charge in [-0.1, -0.05) is 29.3 Å². The molecular weight excluding hydrogens is 337 g/mol. The largest absolute Gasteiger partial charge is 0.469 e. The summed E-state index contributed by atoms with van der Waals surface area (Å²) in [6.45, 7) is 4.28. The van der Waals surface area contributed by atoms with Crippen molar-refractivity contribution in [2.75, 3.05) is 13.7 Å². The predicted octanol–water partition coefficient (Wildman–Crippen LogP) is 3.90. The molecule has 0 aliphatic heterocycles. The molecule has 2 rings (SSSR count). The molecule has 1 aromatic rings. The second-order valence-corrected chi connectivity index (χ2v) is 6.89. The standard InChI is InChI=1S/C17H21Cl2NO3/c1-10(2)20(7-6-16(21)23-3)17(22)13-9-12(13)11-4-5-14(18)15(19)8-11/h4-5,8,10,12-13H,6-7,9H2,1-3H3. The number of benzene rings is 1. The Hall–Kier alpha value is -1.26. The van der Waals surface area contributed by atoms with Crippen LogP contribution in [0.1, 0.15) is 38.2 Å². The molecule has 1 aromatic carbocycles. The zero-order valence-electron chi connectivity index (χ0n) is 13.5. The van der Waals surface area contributed by atoms with Gasteiger partial charge in [0.2, 0.25) is 5.91 Å². The Balaban J connectivity index is 2.01. The molecule has 2 atom stereocenters. The molecule has 4 nitrogen and oxygen atoms in total. The first-order chi connectivity index (χ1) is 10.8. The molecule has 2 unspecified atom stereocenters. The van der Waals surface area contributed by atoms with Crippen LogP contribution in [-0.2, 0) is 14.3 Å².